The molecule has 0 aromatic heterocycles. The average Bonchev–Trinajstić information content (AvgIpc) is 2.55. The predicted octanol–water partition coefficient (Wildman–Crippen LogP) is 2.01. The van der Waals surface area contributed by atoms with Crippen LogP contribution in [0.3, 0.4) is 0 Å². The molecule has 3 heteroatoms. The smallest absolute Gasteiger partial charge is 0.0673 e. The molecule has 0 aromatic carbocycles. The van der Waals surface area contributed by atoms with Gasteiger partial charge in [0.05, 0.1) is 6.10 Å². The van der Waals surface area contributed by atoms with Gasteiger partial charge >= 0.3 is 0 Å². The lowest BCUT2D eigenvalue weighted by Crippen LogP contribution is -2.45. The molecule has 2 aliphatic rings. The van der Waals surface area contributed by atoms with Crippen molar-refractivity contribution in [2.75, 3.05) is 32.8 Å². The lowest BCUT2D eigenvalue weighted by molar-refractivity contribution is 0.0536. The van der Waals surface area contributed by atoms with Crippen LogP contribution < -0.4 is 5.73 Å². The Hall–Kier alpha value is -0.120. The minimum Gasteiger partial charge on any atom is -0.377 e. The topological polar surface area (TPSA) is 38.5 Å². The van der Waals surface area contributed by atoms with E-state index in [2.05, 4.69) is 11.8 Å². The number of hydrogen-bond acceptors (Lipinski definition) is 3. The zero-order valence-corrected chi connectivity index (χ0v) is 11.3. The molecule has 1 aliphatic heterocycles. The van der Waals surface area contributed by atoms with Crippen LogP contribution in [0, 0.1) is 5.41 Å². The summed E-state index contributed by atoms with van der Waals surface area (Å²) in [5, 5.41) is 0. The summed E-state index contributed by atoms with van der Waals surface area (Å²) in [6, 6.07) is 0. The second-order valence-electron chi connectivity index (χ2n) is 6.03. The molecule has 0 bridgehead atoms. The second kappa shape index (κ2) is 6.17. The highest BCUT2D eigenvalue weighted by atomic mass is 16.5. The van der Waals surface area contributed by atoms with E-state index in [0.717, 1.165) is 19.7 Å². The highest BCUT2D eigenvalue weighted by molar-refractivity contribution is 4.87. The zero-order chi connectivity index (χ0) is 12.1. The fourth-order valence-electron chi connectivity index (χ4n) is 3.43. The quantitative estimate of drug-likeness (QED) is 0.820. The molecule has 0 radical (unpaired) electrons. The van der Waals surface area contributed by atoms with Gasteiger partial charge in [-0.2, -0.15) is 0 Å². The number of rotatable bonds is 3. The van der Waals surface area contributed by atoms with Crippen molar-refractivity contribution in [3.63, 3.8) is 0 Å². The summed E-state index contributed by atoms with van der Waals surface area (Å²) in [5.74, 6) is 0. The average molecular weight is 240 g/mol. The number of nitrogens with zero attached hydrogens (tertiary/aromatic N) is 1. The summed E-state index contributed by atoms with van der Waals surface area (Å²) < 4.78 is 5.72. The van der Waals surface area contributed by atoms with Crippen molar-refractivity contribution in [1.82, 2.24) is 4.90 Å². The van der Waals surface area contributed by atoms with Crippen molar-refractivity contribution in [3.8, 4) is 0 Å². The van der Waals surface area contributed by atoms with Crippen molar-refractivity contribution in [2.24, 2.45) is 11.1 Å². The molecule has 100 valence electrons. The lowest BCUT2D eigenvalue weighted by atomic mass is 9.73. The van der Waals surface area contributed by atoms with Crippen molar-refractivity contribution in [3.05, 3.63) is 0 Å². The van der Waals surface area contributed by atoms with Gasteiger partial charge in [0, 0.05) is 26.2 Å². The molecule has 1 saturated carbocycles. The first kappa shape index (κ1) is 13.3. The SMILES string of the molecule is CC1CN(CC2(CN)CCCCC2)CCCO1. The molecule has 17 heavy (non-hydrogen) atoms. The Kier molecular flexibility index (Phi) is 4.83. The Bertz CT molecular complexity index is 226. The summed E-state index contributed by atoms with van der Waals surface area (Å²) in [4.78, 5) is 2.59. The van der Waals surface area contributed by atoms with Crippen LogP contribution in [0.25, 0.3) is 0 Å². The minimum atomic E-state index is 0.385. The molecular weight excluding hydrogens is 212 g/mol. The molecule has 1 saturated heterocycles. The fraction of sp³-hybridized carbons (Fsp3) is 1.00. The molecule has 0 spiro atoms. The van der Waals surface area contributed by atoms with Crippen molar-refractivity contribution in [1.29, 1.82) is 0 Å². The molecule has 0 amide bonds. The second-order valence-corrected chi connectivity index (χ2v) is 6.03. The van der Waals surface area contributed by atoms with Crippen LogP contribution in [0.4, 0.5) is 0 Å². The normalized spacial score (nSPS) is 31.1. The van der Waals surface area contributed by atoms with Crippen LogP contribution >= 0.6 is 0 Å². The Labute approximate surface area is 106 Å². The highest BCUT2D eigenvalue weighted by Gasteiger charge is 2.33. The van der Waals surface area contributed by atoms with Gasteiger partial charge in [-0.15, -0.1) is 0 Å². The monoisotopic (exact) mass is 240 g/mol. The van der Waals surface area contributed by atoms with Crippen molar-refractivity contribution < 1.29 is 4.74 Å². The summed E-state index contributed by atoms with van der Waals surface area (Å²) in [6.07, 6.45) is 8.36. The van der Waals surface area contributed by atoms with Crippen LogP contribution in [0.2, 0.25) is 0 Å². The standard InChI is InChI=1S/C14H28N2O/c1-13-10-16(8-5-9-17-13)12-14(11-15)6-3-2-4-7-14/h13H,2-12,15H2,1H3. The van der Waals surface area contributed by atoms with Gasteiger partial charge in [-0.25, -0.2) is 0 Å². The first-order valence-corrected chi connectivity index (χ1v) is 7.28. The van der Waals surface area contributed by atoms with E-state index in [0.29, 0.717) is 11.5 Å². The maximum absolute atomic E-state index is 6.07. The predicted molar refractivity (Wildman–Crippen MR) is 71.0 cm³/mol. The molecule has 0 aromatic rings. The first-order chi connectivity index (χ1) is 8.24. The van der Waals surface area contributed by atoms with Gasteiger partial charge in [0.25, 0.3) is 0 Å². The third-order valence-electron chi connectivity index (χ3n) is 4.44. The van der Waals surface area contributed by atoms with E-state index in [1.165, 1.54) is 51.6 Å². The maximum atomic E-state index is 6.07. The number of ether oxygens (including phenoxy) is 1. The van der Waals surface area contributed by atoms with Gasteiger partial charge in [0.1, 0.15) is 0 Å². The molecule has 3 nitrogen and oxygen atoms in total. The van der Waals surface area contributed by atoms with Gasteiger partial charge in [-0.3, -0.25) is 0 Å². The Balaban J connectivity index is 1.92. The Morgan fingerprint density at radius 1 is 1.24 bits per heavy atom. The maximum Gasteiger partial charge on any atom is 0.0673 e. The molecule has 1 heterocycles. The minimum absolute atomic E-state index is 0.385. The molecule has 1 atom stereocenters. The highest BCUT2D eigenvalue weighted by Crippen LogP contribution is 2.36. The molecule has 1 unspecified atom stereocenters. The largest absolute Gasteiger partial charge is 0.377 e. The van der Waals surface area contributed by atoms with Crippen LogP contribution in [0.5, 0.6) is 0 Å². The number of nitrogens with two attached hydrogens (primary N) is 1. The van der Waals surface area contributed by atoms with Crippen molar-refractivity contribution in [2.45, 2.75) is 51.6 Å². The van der Waals surface area contributed by atoms with Gasteiger partial charge in [0.2, 0.25) is 0 Å². The third kappa shape index (κ3) is 3.67. The Morgan fingerprint density at radius 2 is 2.00 bits per heavy atom. The molecular formula is C14H28N2O. The van der Waals surface area contributed by atoms with Crippen molar-refractivity contribution >= 4 is 0 Å². The summed E-state index contributed by atoms with van der Waals surface area (Å²) in [6.45, 7) is 7.44. The zero-order valence-electron chi connectivity index (χ0n) is 11.3. The number of hydrogen-bond donors (Lipinski definition) is 1. The molecule has 1 aliphatic carbocycles. The first-order valence-electron chi connectivity index (χ1n) is 7.28. The van der Waals surface area contributed by atoms with E-state index in [4.69, 9.17) is 10.5 Å². The molecule has 2 fully saturated rings. The molecule has 2 rings (SSSR count). The van der Waals surface area contributed by atoms with Gasteiger partial charge < -0.3 is 15.4 Å². The summed E-state index contributed by atoms with van der Waals surface area (Å²) in [7, 11) is 0. The van der Waals surface area contributed by atoms with Crippen LogP contribution in [0.15, 0.2) is 0 Å². The Morgan fingerprint density at radius 3 is 2.71 bits per heavy atom. The van der Waals surface area contributed by atoms with Gasteiger partial charge in [-0.1, -0.05) is 19.3 Å². The van der Waals surface area contributed by atoms with E-state index in [-0.39, 0.29) is 0 Å². The lowest BCUT2D eigenvalue weighted by Gasteiger charge is -2.40. The van der Waals surface area contributed by atoms with Gasteiger partial charge in [0.15, 0.2) is 0 Å². The van der Waals surface area contributed by atoms with Crippen LogP contribution in [-0.4, -0.2) is 43.8 Å². The van der Waals surface area contributed by atoms with E-state index >= 15 is 0 Å². The molecule has 2 N–H and O–H groups in total. The summed E-state index contributed by atoms with van der Waals surface area (Å²) in [5.41, 5.74) is 6.48. The van der Waals surface area contributed by atoms with E-state index < -0.39 is 0 Å². The van der Waals surface area contributed by atoms with Crippen LogP contribution in [-0.2, 0) is 4.74 Å². The van der Waals surface area contributed by atoms with E-state index in [1.54, 1.807) is 0 Å². The summed E-state index contributed by atoms with van der Waals surface area (Å²) >= 11 is 0. The third-order valence-corrected chi connectivity index (χ3v) is 4.44. The van der Waals surface area contributed by atoms with E-state index in [1.807, 2.05) is 0 Å². The fourth-order valence-corrected chi connectivity index (χ4v) is 3.43. The van der Waals surface area contributed by atoms with Gasteiger partial charge in [-0.05, 0) is 38.1 Å². The van der Waals surface area contributed by atoms with E-state index in [9.17, 15) is 0 Å². The van der Waals surface area contributed by atoms with Crippen LogP contribution in [0.1, 0.15) is 45.4 Å².